The molecule has 1 aliphatic rings. The van der Waals surface area contributed by atoms with Crippen LogP contribution in [0, 0.1) is 0 Å². The van der Waals surface area contributed by atoms with Crippen LogP contribution < -0.4 is 10.2 Å². The van der Waals surface area contributed by atoms with Crippen LogP contribution in [0.4, 0.5) is 20.3 Å². The molecule has 2 heterocycles. The molecule has 5 nitrogen and oxygen atoms in total. The van der Waals surface area contributed by atoms with Crippen molar-refractivity contribution in [3.05, 3.63) is 59.4 Å². The first-order valence-corrected chi connectivity index (χ1v) is 8.79. The molecule has 1 aromatic heterocycles. The number of hydrogen-bond donors (Lipinski definition) is 1. The molecular weight excluding hydrogens is 374 g/mol. The highest BCUT2D eigenvalue weighted by molar-refractivity contribution is 6.31. The molecule has 4 rings (SSSR count). The number of aromatic nitrogens is 2. The number of amides is 1. The quantitative estimate of drug-likeness (QED) is 0.718. The third kappa shape index (κ3) is 3.42. The summed E-state index contributed by atoms with van der Waals surface area (Å²) in [5.41, 5.74) is 1.11. The number of alkyl halides is 2. The lowest BCUT2D eigenvalue weighted by atomic mass is 10.2. The number of para-hydroxylation sites is 1. The molecule has 1 N–H and O–H groups in total. The van der Waals surface area contributed by atoms with Crippen molar-refractivity contribution in [1.82, 2.24) is 9.97 Å². The lowest BCUT2D eigenvalue weighted by Crippen LogP contribution is -2.33. The number of carbonyl (C=O) groups is 1. The molecule has 0 radical (unpaired) electrons. The predicted octanol–water partition coefficient (Wildman–Crippen LogP) is 4.44. The number of benzene rings is 2. The fourth-order valence-electron chi connectivity index (χ4n) is 3.18. The van der Waals surface area contributed by atoms with Crippen molar-refractivity contribution in [2.45, 2.75) is 18.9 Å². The van der Waals surface area contributed by atoms with Gasteiger partial charge >= 0.3 is 0 Å². The normalized spacial score (nSPS) is 17.1. The van der Waals surface area contributed by atoms with E-state index in [9.17, 15) is 13.6 Å². The summed E-state index contributed by atoms with van der Waals surface area (Å²) in [6, 6.07) is 13.3. The van der Waals surface area contributed by atoms with E-state index in [-0.39, 0.29) is 11.7 Å². The second-order valence-corrected chi connectivity index (χ2v) is 6.64. The van der Waals surface area contributed by atoms with Gasteiger partial charge in [0, 0.05) is 22.6 Å². The van der Waals surface area contributed by atoms with Crippen molar-refractivity contribution in [3.63, 3.8) is 0 Å². The van der Waals surface area contributed by atoms with Crippen LogP contribution in [0.15, 0.2) is 48.5 Å². The second-order valence-electron chi connectivity index (χ2n) is 6.20. The Morgan fingerprint density at radius 3 is 2.74 bits per heavy atom. The summed E-state index contributed by atoms with van der Waals surface area (Å²) in [5, 5.41) is 4.17. The topological polar surface area (TPSA) is 58.1 Å². The van der Waals surface area contributed by atoms with Crippen molar-refractivity contribution >= 4 is 39.9 Å². The van der Waals surface area contributed by atoms with E-state index in [1.807, 2.05) is 0 Å². The minimum Gasteiger partial charge on any atom is -0.358 e. The van der Waals surface area contributed by atoms with Crippen molar-refractivity contribution in [3.8, 4) is 0 Å². The van der Waals surface area contributed by atoms with Crippen LogP contribution in [0.5, 0.6) is 0 Å². The minimum absolute atomic E-state index is 0.154. The van der Waals surface area contributed by atoms with Crippen LogP contribution in [0.25, 0.3) is 10.9 Å². The van der Waals surface area contributed by atoms with Gasteiger partial charge in [0.25, 0.3) is 6.43 Å². The number of rotatable bonds is 4. The maximum absolute atomic E-state index is 13.1. The summed E-state index contributed by atoms with van der Waals surface area (Å²) in [6.07, 6.45) is -2.27. The molecule has 8 heteroatoms. The SMILES string of the molecule is O=C1C(Nc2nc(C(F)F)nc3ccccc23)CCN1c1cccc(Cl)c1. The van der Waals surface area contributed by atoms with Crippen LogP contribution >= 0.6 is 11.6 Å². The molecule has 1 unspecified atom stereocenters. The van der Waals surface area contributed by atoms with E-state index >= 15 is 0 Å². The van der Waals surface area contributed by atoms with Gasteiger partial charge in [-0.2, -0.15) is 0 Å². The third-order valence-electron chi connectivity index (χ3n) is 4.45. The standard InChI is InChI=1S/C19H15ClF2N4O/c20-11-4-3-5-12(10-11)26-9-8-15(19(26)27)24-17-13-6-1-2-7-14(13)23-18(25-17)16(21)22/h1-7,10,15-16H,8-9H2,(H,23,24,25). The minimum atomic E-state index is -2.79. The number of hydrogen-bond acceptors (Lipinski definition) is 4. The highest BCUT2D eigenvalue weighted by atomic mass is 35.5. The number of halogens is 3. The Morgan fingerprint density at radius 1 is 1.15 bits per heavy atom. The Balaban J connectivity index is 1.64. The summed E-state index contributed by atoms with van der Waals surface area (Å²) in [5.74, 6) is -0.478. The van der Waals surface area contributed by atoms with Gasteiger partial charge in [-0.1, -0.05) is 29.8 Å². The van der Waals surface area contributed by atoms with Gasteiger partial charge in [-0.25, -0.2) is 18.7 Å². The van der Waals surface area contributed by atoms with Crippen LogP contribution in [0.2, 0.25) is 5.02 Å². The van der Waals surface area contributed by atoms with Gasteiger partial charge < -0.3 is 10.2 Å². The molecule has 138 valence electrons. The number of carbonyl (C=O) groups excluding carboxylic acids is 1. The molecule has 0 aliphatic carbocycles. The molecule has 0 spiro atoms. The molecule has 1 aliphatic heterocycles. The van der Waals surface area contributed by atoms with Crippen molar-refractivity contribution in [2.24, 2.45) is 0 Å². The van der Waals surface area contributed by atoms with Gasteiger partial charge in [-0.05, 0) is 36.8 Å². The second kappa shape index (κ2) is 7.08. The van der Waals surface area contributed by atoms with Crippen molar-refractivity contribution in [1.29, 1.82) is 0 Å². The summed E-state index contributed by atoms with van der Waals surface area (Å²) in [4.78, 5) is 22.3. The van der Waals surface area contributed by atoms with Gasteiger partial charge in [-0.3, -0.25) is 4.79 Å². The van der Waals surface area contributed by atoms with Gasteiger partial charge in [0.2, 0.25) is 5.91 Å². The first kappa shape index (κ1) is 17.6. The average molecular weight is 389 g/mol. The number of fused-ring (bicyclic) bond motifs is 1. The van der Waals surface area contributed by atoms with Crippen molar-refractivity contribution in [2.75, 3.05) is 16.8 Å². The van der Waals surface area contributed by atoms with Gasteiger partial charge in [-0.15, -0.1) is 0 Å². The number of anilines is 2. The highest BCUT2D eigenvalue weighted by Gasteiger charge is 2.33. The fourth-order valence-corrected chi connectivity index (χ4v) is 3.37. The maximum Gasteiger partial charge on any atom is 0.297 e. The summed E-state index contributed by atoms with van der Waals surface area (Å²) in [7, 11) is 0. The van der Waals surface area contributed by atoms with E-state index in [4.69, 9.17) is 11.6 Å². The van der Waals surface area contributed by atoms with Gasteiger partial charge in [0.15, 0.2) is 5.82 Å². The zero-order valence-electron chi connectivity index (χ0n) is 14.1. The van der Waals surface area contributed by atoms with E-state index in [2.05, 4.69) is 15.3 Å². The lowest BCUT2D eigenvalue weighted by molar-refractivity contribution is -0.117. The molecule has 1 saturated heterocycles. The highest BCUT2D eigenvalue weighted by Crippen LogP contribution is 2.29. The third-order valence-corrected chi connectivity index (χ3v) is 4.69. The largest absolute Gasteiger partial charge is 0.358 e. The zero-order valence-corrected chi connectivity index (χ0v) is 14.8. The molecule has 0 saturated carbocycles. The van der Waals surface area contributed by atoms with Crippen LogP contribution in [0.3, 0.4) is 0 Å². The smallest absolute Gasteiger partial charge is 0.297 e. The van der Waals surface area contributed by atoms with Crippen LogP contribution in [0.1, 0.15) is 18.7 Å². The summed E-state index contributed by atoms with van der Waals surface area (Å²) in [6.45, 7) is 0.502. The Labute approximate surface area is 159 Å². The Bertz CT molecular complexity index is 1010. The van der Waals surface area contributed by atoms with Crippen molar-refractivity contribution < 1.29 is 13.6 Å². The fraction of sp³-hybridized carbons (Fsp3) is 0.211. The van der Waals surface area contributed by atoms with E-state index in [0.29, 0.717) is 34.6 Å². The molecule has 1 atom stereocenters. The monoisotopic (exact) mass is 388 g/mol. The Morgan fingerprint density at radius 2 is 1.96 bits per heavy atom. The zero-order chi connectivity index (χ0) is 19.0. The van der Waals surface area contributed by atoms with Crippen LogP contribution in [-0.2, 0) is 4.79 Å². The van der Waals surface area contributed by atoms with E-state index in [1.54, 1.807) is 53.4 Å². The first-order valence-electron chi connectivity index (χ1n) is 8.41. The molecule has 0 bridgehead atoms. The Kier molecular flexibility index (Phi) is 4.61. The van der Waals surface area contributed by atoms with Gasteiger partial charge in [0.05, 0.1) is 5.52 Å². The number of nitrogens with zero attached hydrogens (tertiary/aromatic N) is 3. The molecule has 3 aromatic rings. The first-order chi connectivity index (χ1) is 13.0. The van der Waals surface area contributed by atoms with E-state index < -0.39 is 18.3 Å². The average Bonchev–Trinajstić information content (AvgIpc) is 3.02. The molecular formula is C19H15ClF2N4O. The maximum atomic E-state index is 13.1. The molecule has 1 fully saturated rings. The lowest BCUT2D eigenvalue weighted by Gasteiger charge is -2.18. The molecule has 27 heavy (non-hydrogen) atoms. The Hall–Kier alpha value is -2.80. The number of nitrogens with one attached hydrogen (secondary N) is 1. The van der Waals surface area contributed by atoms with Gasteiger partial charge in [0.1, 0.15) is 11.9 Å². The van der Waals surface area contributed by atoms with E-state index in [1.165, 1.54) is 0 Å². The predicted molar refractivity (Wildman–Crippen MR) is 100 cm³/mol. The summed E-state index contributed by atoms with van der Waals surface area (Å²) < 4.78 is 26.3. The molecule has 2 aromatic carbocycles. The van der Waals surface area contributed by atoms with Crippen LogP contribution in [-0.4, -0.2) is 28.5 Å². The van der Waals surface area contributed by atoms with E-state index in [0.717, 1.165) is 0 Å². The molecule has 1 amide bonds. The summed E-state index contributed by atoms with van der Waals surface area (Å²) >= 11 is 6.01.